The molecule has 4 rings (SSSR count). The number of halogens is 1. The van der Waals surface area contributed by atoms with Crippen LogP contribution in [0.2, 0.25) is 0 Å². The van der Waals surface area contributed by atoms with Gasteiger partial charge in [-0.05, 0) is 79.8 Å². The molecular formula is C36H40FN3O4S. The maximum Gasteiger partial charge on any atom is 0.264 e. The molecule has 45 heavy (non-hydrogen) atoms. The maximum absolute atomic E-state index is 14.5. The van der Waals surface area contributed by atoms with Gasteiger partial charge in [0.2, 0.25) is 11.8 Å². The summed E-state index contributed by atoms with van der Waals surface area (Å²) < 4.78 is 43.4. The third-order valence-corrected chi connectivity index (χ3v) is 9.59. The lowest BCUT2D eigenvalue weighted by molar-refractivity contribution is -0.140. The molecule has 0 saturated carbocycles. The number of nitrogens with zero attached hydrogens (tertiary/aromatic N) is 2. The molecule has 236 valence electrons. The number of hydrogen-bond donors (Lipinski definition) is 1. The number of aryl methyl sites for hydroxylation is 2. The van der Waals surface area contributed by atoms with Gasteiger partial charge in [-0.1, -0.05) is 79.2 Å². The minimum absolute atomic E-state index is 0.0264. The van der Waals surface area contributed by atoms with E-state index in [0.29, 0.717) is 29.8 Å². The zero-order chi connectivity index (χ0) is 32.6. The molecule has 0 aliphatic heterocycles. The van der Waals surface area contributed by atoms with E-state index in [1.54, 1.807) is 36.4 Å². The summed E-state index contributed by atoms with van der Waals surface area (Å²) >= 11 is 0. The lowest BCUT2D eigenvalue weighted by Gasteiger charge is -2.34. The molecule has 0 radical (unpaired) electrons. The van der Waals surface area contributed by atoms with E-state index in [1.165, 1.54) is 29.2 Å². The second-order valence-electron chi connectivity index (χ2n) is 11.2. The number of nitrogens with one attached hydrogen (secondary N) is 1. The number of carbonyl (C=O) groups is 2. The predicted octanol–water partition coefficient (Wildman–Crippen LogP) is 6.11. The predicted molar refractivity (Wildman–Crippen MR) is 176 cm³/mol. The number of benzene rings is 4. The maximum atomic E-state index is 14.5. The number of carbonyl (C=O) groups excluding carboxylic acids is 2. The number of rotatable bonds is 13. The highest BCUT2D eigenvalue weighted by atomic mass is 32.2. The fourth-order valence-corrected chi connectivity index (χ4v) is 6.53. The molecule has 0 heterocycles. The highest BCUT2D eigenvalue weighted by Crippen LogP contribution is 2.29. The van der Waals surface area contributed by atoms with E-state index < -0.39 is 34.3 Å². The molecule has 9 heteroatoms. The lowest BCUT2D eigenvalue weighted by Crippen LogP contribution is -2.53. The highest BCUT2D eigenvalue weighted by Gasteiger charge is 2.35. The van der Waals surface area contributed by atoms with Crippen LogP contribution in [0.15, 0.2) is 102 Å². The van der Waals surface area contributed by atoms with Gasteiger partial charge in [0.1, 0.15) is 18.4 Å². The molecule has 2 amide bonds. The molecule has 0 aliphatic carbocycles. The van der Waals surface area contributed by atoms with E-state index in [-0.39, 0.29) is 23.8 Å². The Labute approximate surface area is 265 Å². The van der Waals surface area contributed by atoms with Crippen molar-refractivity contribution >= 4 is 27.5 Å². The van der Waals surface area contributed by atoms with Gasteiger partial charge in [0.15, 0.2) is 0 Å². The molecular weight excluding hydrogens is 589 g/mol. The summed E-state index contributed by atoms with van der Waals surface area (Å²) in [5, 5.41) is 2.92. The third kappa shape index (κ3) is 8.36. The summed E-state index contributed by atoms with van der Waals surface area (Å²) in [4.78, 5) is 29.7. The monoisotopic (exact) mass is 629 g/mol. The molecule has 7 nitrogen and oxygen atoms in total. The van der Waals surface area contributed by atoms with E-state index >= 15 is 0 Å². The first-order valence-electron chi connectivity index (χ1n) is 15.0. The molecule has 0 aliphatic rings. The minimum Gasteiger partial charge on any atom is -0.354 e. The lowest BCUT2D eigenvalue weighted by atomic mass is 10.0. The van der Waals surface area contributed by atoms with Crippen LogP contribution in [0.1, 0.15) is 41.2 Å². The summed E-state index contributed by atoms with van der Waals surface area (Å²) in [5.41, 5.74) is 4.30. The average Bonchev–Trinajstić information content (AvgIpc) is 3.03. The van der Waals surface area contributed by atoms with Crippen molar-refractivity contribution in [1.29, 1.82) is 0 Å². The summed E-state index contributed by atoms with van der Waals surface area (Å²) in [6, 6.07) is 25.9. The molecule has 4 aromatic carbocycles. The van der Waals surface area contributed by atoms with Crippen molar-refractivity contribution in [3.8, 4) is 0 Å². The second-order valence-corrected chi connectivity index (χ2v) is 13.1. The molecule has 0 saturated heterocycles. The van der Waals surface area contributed by atoms with Crippen LogP contribution in [0.3, 0.4) is 0 Å². The smallest absolute Gasteiger partial charge is 0.264 e. The van der Waals surface area contributed by atoms with E-state index in [0.717, 1.165) is 21.0 Å². The SMILES string of the molecule is CCCNC(=O)C(Cc1ccccc1)N(Cc1ccc(F)cc1)C(=O)CN(c1cccc(C)c1C)S(=O)(=O)c1ccc(C)cc1. The quantitative estimate of drug-likeness (QED) is 0.193. The fourth-order valence-electron chi connectivity index (χ4n) is 5.06. The Kier molecular flexibility index (Phi) is 11.1. The van der Waals surface area contributed by atoms with Crippen LogP contribution in [0, 0.1) is 26.6 Å². The molecule has 0 fully saturated rings. The van der Waals surface area contributed by atoms with E-state index in [1.807, 2.05) is 64.1 Å². The van der Waals surface area contributed by atoms with Gasteiger partial charge >= 0.3 is 0 Å². The van der Waals surface area contributed by atoms with E-state index in [4.69, 9.17) is 0 Å². The molecule has 0 aromatic heterocycles. The Morgan fingerprint density at radius 2 is 1.49 bits per heavy atom. The first-order valence-corrected chi connectivity index (χ1v) is 16.5. The van der Waals surface area contributed by atoms with E-state index in [2.05, 4.69) is 5.32 Å². The van der Waals surface area contributed by atoms with Gasteiger partial charge in [0.25, 0.3) is 10.0 Å². The minimum atomic E-state index is -4.20. The molecule has 1 N–H and O–H groups in total. The molecule has 1 atom stereocenters. The standard InChI is InChI=1S/C36H40FN3O4S/c1-5-22-38-36(42)34(23-29-11-7-6-8-12-29)39(24-30-16-18-31(37)19-17-30)35(41)25-40(33-13-9-10-27(3)28(33)4)45(43,44)32-20-14-26(2)15-21-32/h6-21,34H,5,22-25H2,1-4H3,(H,38,42). The fraction of sp³-hybridized carbons (Fsp3) is 0.278. The van der Waals surface area contributed by atoms with Crippen molar-refractivity contribution in [3.05, 3.63) is 131 Å². The number of anilines is 1. The van der Waals surface area contributed by atoms with Crippen LogP contribution in [0.25, 0.3) is 0 Å². The third-order valence-electron chi connectivity index (χ3n) is 7.82. The van der Waals surface area contributed by atoms with Gasteiger partial charge in [-0.15, -0.1) is 0 Å². The van der Waals surface area contributed by atoms with E-state index in [9.17, 15) is 22.4 Å². The largest absolute Gasteiger partial charge is 0.354 e. The van der Waals surface area contributed by atoms with Crippen LogP contribution in [-0.4, -0.2) is 44.3 Å². The van der Waals surface area contributed by atoms with Gasteiger partial charge < -0.3 is 10.2 Å². The van der Waals surface area contributed by atoms with Gasteiger partial charge in [0.05, 0.1) is 10.6 Å². The number of sulfonamides is 1. The summed E-state index contributed by atoms with van der Waals surface area (Å²) in [6.45, 7) is 7.35. The van der Waals surface area contributed by atoms with Gasteiger partial charge in [-0.2, -0.15) is 0 Å². The summed E-state index contributed by atoms with van der Waals surface area (Å²) in [6.07, 6.45) is 0.905. The zero-order valence-electron chi connectivity index (χ0n) is 26.2. The molecule has 4 aromatic rings. The van der Waals surface area contributed by atoms with Gasteiger partial charge in [-0.25, -0.2) is 12.8 Å². The van der Waals surface area contributed by atoms with Crippen molar-refractivity contribution in [3.63, 3.8) is 0 Å². The zero-order valence-corrected chi connectivity index (χ0v) is 27.0. The Balaban J connectivity index is 1.82. The number of hydrogen-bond acceptors (Lipinski definition) is 4. The molecule has 1 unspecified atom stereocenters. The second kappa shape index (κ2) is 15.0. The average molecular weight is 630 g/mol. The summed E-state index contributed by atoms with van der Waals surface area (Å²) in [7, 11) is -4.20. The Bertz CT molecular complexity index is 1710. The first-order chi connectivity index (χ1) is 21.5. The topological polar surface area (TPSA) is 86.8 Å². The Hall–Kier alpha value is -4.50. The number of amides is 2. The molecule has 0 bridgehead atoms. The highest BCUT2D eigenvalue weighted by molar-refractivity contribution is 7.92. The molecule has 0 spiro atoms. The Morgan fingerprint density at radius 1 is 0.822 bits per heavy atom. The van der Waals surface area contributed by atoms with Crippen molar-refractivity contribution in [2.24, 2.45) is 0 Å². The van der Waals surface area contributed by atoms with Crippen LogP contribution in [-0.2, 0) is 32.6 Å². The van der Waals surface area contributed by atoms with Gasteiger partial charge in [0, 0.05) is 19.5 Å². The van der Waals surface area contributed by atoms with Crippen molar-refractivity contribution < 1.29 is 22.4 Å². The van der Waals surface area contributed by atoms with Crippen LogP contribution >= 0.6 is 0 Å². The van der Waals surface area contributed by atoms with Crippen molar-refractivity contribution in [2.45, 2.75) is 58.0 Å². The van der Waals surface area contributed by atoms with Crippen LogP contribution < -0.4 is 9.62 Å². The van der Waals surface area contributed by atoms with Gasteiger partial charge in [-0.3, -0.25) is 13.9 Å². The Morgan fingerprint density at radius 3 is 2.13 bits per heavy atom. The normalized spacial score (nSPS) is 11.9. The summed E-state index contributed by atoms with van der Waals surface area (Å²) in [5.74, 6) is -1.34. The van der Waals surface area contributed by atoms with Crippen molar-refractivity contribution in [2.75, 3.05) is 17.4 Å². The van der Waals surface area contributed by atoms with Crippen LogP contribution in [0.5, 0.6) is 0 Å². The van der Waals surface area contributed by atoms with Crippen LogP contribution in [0.4, 0.5) is 10.1 Å². The first kappa shape index (κ1) is 33.4. The van der Waals surface area contributed by atoms with Crippen molar-refractivity contribution in [1.82, 2.24) is 10.2 Å².